The van der Waals surface area contributed by atoms with Crippen molar-refractivity contribution in [2.45, 2.75) is 18.8 Å². The highest BCUT2D eigenvalue weighted by molar-refractivity contribution is 9.10. The van der Waals surface area contributed by atoms with Crippen molar-refractivity contribution in [3.05, 3.63) is 32.8 Å². The van der Waals surface area contributed by atoms with Gasteiger partial charge in [0.2, 0.25) is 0 Å². The monoisotopic (exact) mass is 253 g/mol. The first-order chi connectivity index (χ1) is 6.75. The van der Waals surface area contributed by atoms with E-state index in [4.69, 9.17) is 0 Å². The fourth-order valence-electron chi connectivity index (χ4n) is 1.66. The van der Waals surface area contributed by atoms with Crippen LogP contribution in [0.1, 0.15) is 24.5 Å². The largest absolute Gasteiger partial charge is 0.306 e. The SMILES string of the molecule is O=c1cc(C2CC2)n2ncc(Br)c2[nH]1. The fourth-order valence-corrected chi connectivity index (χ4v) is 2.01. The standard InChI is InChI=1S/C9H8BrN3O/c10-6-4-11-13-7(5-1-2-5)3-8(14)12-9(6)13/h3-5H,1-2H2,(H,12,14). The number of H-pyrrole nitrogens is 1. The van der Waals surface area contributed by atoms with Gasteiger partial charge >= 0.3 is 0 Å². The maximum absolute atomic E-state index is 11.4. The lowest BCUT2D eigenvalue weighted by molar-refractivity contribution is 0.835. The predicted octanol–water partition coefficient (Wildman–Crippen LogP) is 1.66. The Balaban J connectivity index is 2.41. The van der Waals surface area contributed by atoms with Crippen LogP contribution < -0.4 is 5.56 Å². The van der Waals surface area contributed by atoms with E-state index in [2.05, 4.69) is 26.0 Å². The molecule has 1 aliphatic rings. The van der Waals surface area contributed by atoms with Crippen molar-refractivity contribution < 1.29 is 0 Å². The van der Waals surface area contributed by atoms with Crippen molar-refractivity contribution in [1.82, 2.24) is 14.6 Å². The Morgan fingerprint density at radius 1 is 1.57 bits per heavy atom. The highest BCUT2D eigenvalue weighted by Gasteiger charge is 2.27. The third-order valence-electron chi connectivity index (χ3n) is 2.49. The van der Waals surface area contributed by atoms with Crippen molar-refractivity contribution in [2.75, 3.05) is 0 Å². The molecule has 14 heavy (non-hydrogen) atoms. The van der Waals surface area contributed by atoms with Gasteiger partial charge < -0.3 is 4.98 Å². The molecule has 4 nitrogen and oxygen atoms in total. The van der Waals surface area contributed by atoms with Crippen LogP contribution in [0.15, 0.2) is 21.5 Å². The first kappa shape index (κ1) is 8.23. The number of aromatic amines is 1. The quantitative estimate of drug-likeness (QED) is 0.841. The molecule has 0 unspecified atom stereocenters. The molecule has 0 radical (unpaired) electrons. The lowest BCUT2D eigenvalue weighted by Crippen LogP contribution is -2.11. The van der Waals surface area contributed by atoms with E-state index in [1.807, 2.05) is 4.52 Å². The molecular weight excluding hydrogens is 246 g/mol. The Hall–Kier alpha value is -1.10. The molecule has 0 spiro atoms. The van der Waals surface area contributed by atoms with E-state index >= 15 is 0 Å². The van der Waals surface area contributed by atoms with Crippen LogP contribution in [-0.2, 0) is 0 Å². The molecule has 5 heteroatoms. The molecule has 0 saturated heterocycles. The molecule has 0 aliphatic heterocycles. The first-order valence-electron chi connectivity index (χ1n) is 4.52. The number of nitrogens with one attached hydrogen (secondary N) is 1. The Kier molecular flexibility index (Phi) is 1.58. The second kappa shape index (κ2) is 2.70. The maximum Gasteiger partial charge on any atom is 0.251 e. The molecule has 0 atom stereocenters. The summed E-state index contributed by atoms with van der Waals surface area (Å²) >= 11 is 3.35. The van der Waals surface area contributed by atoms with E-state index in [0.29, 0.717) is 5.92 Å². The average Bonchev–Trinajstić information content (AvgIpc) is 2.93. The topological polar surface area (TPSA) is 50.2 Å². The highest BCUT2D eigenvalue weighted by Crippen LogP contribution is 2.39. The van der Waals surface area contributed by atoms with Gasteiger partial charge in [-0.15, -0.1) is 0 Å². The zero-order valence-electron chi connectivity index (χ0n) is 7.33. The van der Waals surface area contributed by atoms with Crippen LogP contribution >= 0.6 is 15.9 Å². The zero-order chi connectivity index (χ0) is 9.71. The Morgan fingerprint density at radius 3 is 3.07 bits per heavy atom. The second-order valence-corrected chi connectivity index (χ2v) is 4.44. The van der Waals surface area contributed by atoms with Crippen LogP contribution in [0.2, 0.25) is 0 Å². The van der Waals surface area contributed by atoms with E-state index in [9.17, 15) is 4.79 Å². The first-order valence-corrected chi connectivity index (χ1v) is 5.31. The molecule has 0 bridgehead atoms. The van der Waals surface area contributed by atoms with E-state index in [-0.39, 0.29) is 5.56 Å². The molecule has 2 aromatic heterocycles. The lowest BCUT2D eigenvalue weighted by Gasteiger charge is -2.01. The highest BCUT2D eigenvalue weighted by atomic mass is 79.9. The summed E-state index contributed by atoms with van der Waals surface area (Å²) in [6.45, 7) is 0. The van der Waals surface area contributed by atoms with Gasteiger partial charge in [-0.3, -0.25) is 4.79 Å². The van der Waals surface area contributed by atoms with Crippen molar-refractivity contribution in [3.8, 4) is 0 Å². The van der Waals surface area contributed by atoms with Crippen molar-refractivity contribution in [3.63, 3.8) is 0 Å². The van der Waals surface area contributed by atoms with Gasteiger partial charge in [0, 0.05) is 12.0 Å². The smallest absolute Gasteiger partial charge is 0.251 e. The summed E-state index contributed by atoms with van der Waals surface area (Å²) in [6, 6.07) is 1.64. The molecule has 0 amide bonds. The average molecular weight is 254 g/mol. The molecule has 1 aliphatic carbocycles. The van der Waals surface area contributed by atoms with E-state index < -0.39 is 0 Å². The molecule has 72 valence electrons. The van der Waals surface area contributed by atoms with Crippen LogP contribution in [0.5, 0.6) is 0 Å². The predicted molar refractivity (Wildman–Crippen MR) is 55.5 cm³/mol. The molecule has 3 rings (SSSR count). The molecular formula is C9H8BrN3O. The minimum atomic E-state index is -0.0550. The molecule has 2 aromatic rings. The number of hydrogen-bond donors (Lipinski definition) is 1. The Morgan fingerprint density at radius 2 is 2.36 bits per heavy atom. The van der Waals surface area contributed by atoms with Gasteiger partial charge in [0.25, 0.3) is 5.56 Å². The molecule has 2 heterocycles. The number of rotatable bonds is 1. The number of aromatic nitrogens is 3. The third kappa shape index (κ3) is 1.12. The summed E-state index contributed by atoms with van der Waals surface area (Å²) in [5.41, 5.74) is 1.72. The van der Waals surface area contributed by atoms with Gasteiger partial charge in [-0.05, 0) is 28.8 Å². The molecule has 1 N–H and O–H groups in total. The van der Waals surface area contributed by atoms with Gasteiger partial charge in [-0.2, -0.15) is 5.10 Å². The summed E-state index contributed by atoms with van der Waals surface area (Å²) in [5, 5.41) is 4.22. The van der Waals surface area contributed by atoms with Crippen molar-refractivity contribution in [1.29, 1.82) is 0 Å². The number of nitrogens with zero attached hydrogens (tertiary/aromatic N) is 2. The molecule has 1 fully saturated rings. The maximum atomic E-state index is 11.4. The van der Waals surface area contributed by atoms with Crippen molar-refractivity contribution >= 4 is 21.6 Å². The molecule has 1 saturated carbocycles. The Labute approximate surface area is 88.1 Å². The van der Waals surface area contributed by atoms with Crippen LogP contribution in [0.4, 0.5) is 0 Å². The minimum absolute atomic E-state index is 0.0550. The number of fused-ring (bicyclic) bond motifs is 1. The Bertz CT molecular complexity index is 553. The fraction of sp³-hybridized carbons (Fsp3) is 0.333. The van der Waals surface area contributed by atoms with Gasteiger partial charge in [0.15, 0.2) is 5.65 Å². The summed E-state index contributed by atoms with van der Waals surface area (Å²) in [5.74, 6) is 0.520. The third-order valence-corrected chi connectivity index (χ3v) is 3.07. The summed E-state index contributed by atoms with van der Waals surface area (Å²) in [4.78, 5) is 14.1. The summed E-state index contributed by atoms with van der Waals surface area (Å²) in [6.07, 6.45) is 4.03. The number of halogens is 1. The zero-order valence-corrected chi connectivity index (χ0v) is 8.91. The van der Waals surface area contributed by atoms with Crippen LogP contribution in [0.3, 0.4) is 0 Å². The van der Waals surface area contributed by atoms with Crippen LogP contribution in [0, 0.1) is 0 Å². The number of hydrogen-bond acceptors (Lipinski definition) is 2. The second-order valence-electron chi connectivity index (χ2n) is 3.59. The van der Waals surface area contributed by atoms with Gasteiger partial charge in [-0.1, -0.05) is 0 Å². The van der Waals surface area contributed by atoms with Crippen LogP contribution in [0.25, 0.3) is 5.65 Å². The summed E-state index contributed by atoms with van der Waals surface area (Å²) < 4.78 is 2.64. The lowest BCUT2D eigenvalue weighted by atomic mass is 10.3. The van der Waals surface area contributed by atoms with Gasteiger partial charge in [0.1, 0.15) is 0 Å². The minimum Gasteiger partial charge on any atom is -0.306 e. The van der Waals surface area contributed by atoms with E-state index in [1.165, 1.54) is 0 Å². The molecule has 0 aromatic carbocycles. The van der Waals surface area contributed by atoms with Gasteiger partial charge in [0.05, 0.1) is 16.4 Å². The van der Waals surface area contributed by atoms with Crippen molar-refractivity contribution in [2.24, 2.45) is 0 Å². The van der Waals surface area contributed by atoms with Crippen LogP contribution in [-0.4, -0.2) is 14.6 Å². The normalized spacial score (nSPS) is 16.4. The van der Waals surface area contributed by atoms with Gasteiger partial charge in [-0.25, -0.2) is 4.52 Å². The van der Waals surface area contributed by atoms with E-state index in [1.54, 1.807) is 12.3 Å². The summed E-state index contributed by atoms with van der Waals surface area (Å²) in [7, 11) is 0. The van der Waals surface area contributed by atoms with E-state index in [0.717, 1.165) is 28.7 Å².